The molecule has 2 amide bonds. The van der Waals surface area contributed by atoms with E-state index in [0.29, 0.717) is 20.7 Å². The van der Waals surface area contributed by atoms with E-state index < -0.39 is 0 Å². The van der Waals surface area contributed by atoms with E-state index in [1.54, 1.807) is 24.1 Å². The number of hydrogen-bond acceptors (Lipinski definition) is 6. The molecular weight excluding hydrogens is 480 g/mol. The molecule has 8 heteroatoms. The van der Waals surface area contributed by atoms with E-state index in [2.05, 4.69) is 12.2 Å². The van der Waals surface area contributed by atoms with Crippen LogP contribution in [0.2, 0.25) is 0 Å². The lowest BCUT2D eigenvalue weighted by Gasteiger charge is -2.29. The van der Waals surface area contributed by atoms with E-state index in [1.807, 2.05) is 36.4 Å². The highest BCUT2D eigenvalue weighted by molar-refractivity contribution is 8.26. The van der Waals surface area contributed by atoms with E-state index in [1.165, 1.54) is 23.7 Å². The van der Waals surface area contributed by atoms with Crippen molar-refractivity contribution < 1.29 is 19.1 Å². The zero-order chi connectivity index (χ0) is 24.8. The van der Waals surface area contributed by atoms with Gasteiger partial charge in [-0.2, -0.15) is 0 Å². The predicted molar refractivity (Wildman–Crippen MR) is 145 cm³/mol. The highest BCUT2D eigenvalue weighted by atomic mass is 32.2. The van der Waals surface area contributed by atoms with Crippen molar-refractivity contribution in [1.82, 2.24) is 4.90 Å². The molecule has 1 aliphatic carbocycles. The van der Waals surface area contributed by atoms with Gasteiger partial charge in [0.15, 0.2) is 18.1 Å². The summed E-state index contributed by atoms with van der Waals surface area (Å²) in [5, 5.41) is 2.83. The number of methoxy groups -OCH3 is 1. The first-order valence-electron chi connectivity index (χ1n) is 11.9. The number of benzene rings is 2. The van der Waals surface area contributed by atoms with Crippen molar-refractivity contribution in [2.75, 3.05) is 19.0 Å². The average Bonchev–Trinajstić information content (AvgIpc) is 3.16. The Morgan fingerprint density at radius 2 is 1.89 bits per heavy atom. The van der Waals surface area contributed by atoms with Crippen LogP contribution < -0.4 is 14.8 Å². The summed E-state index contributed by atoms with van der Waals surface area (Å²) in [7, 11) is 1.55. The third-order valence-corrected chi connectivity index (χ3v) is 7.58. The summed E-state index contributed by atoms with van der Waals surface area (Å²) in [6, 6.07) is 13.3. The van der Waals surface area contributed by atoms with Gasteiger partial charge in [0.2, 0.25) is 0 Å². The number of ether oxygens (including phenoxy) is 2. The Kier molecular flexibility index (Phi) is 8.46. The van der Waals surface area contributed by atoms with Crippen molar-refractivity contribution in [1.29, 1.82) is 0 Å². The first-order chi connectivity index (χ1) is 17.0. The van der Waals surface area contributed by atoms with Gasteiger partial charge in [-0.1, -0.05) is 68.4 Å². The zero-order valence-corrected chi connectivity index (χ0v) is 21.7. The van der Waals surface area contributed by atoms with E-state index in [4.69, 9.17) is 21.7 Å². The summed E-state index contributed by atoms with van der Waals surface area (Å²) in [5.41, 5.74) is 2.74. The van der Waals surface area contributed by atoms with E-state index in [-0.39, 0.29) is 24.5 Å². The fourth-order valence-electron chi connectivity index (χ4n) is 4.34. The number of anilines is 1. The molecule has 0 aromatic heterocycles. The Balaban J connectivity index is 1.39. The maximum atomic E-state index is 13.1. The first-order valence-corrected chi connectivity index (χ1v) is 13.2. The Bertz CT molecular complexity index is 1120. The summed E-state index contributed by atoms with van der Waals surface area (Å²) >= 11 is 6.87. The van der Waals surface area contributed by atoms with Gasteiger partial charge in [-0.05, 0) is 60.7 Å². The summed E-state index contributed by atoms with van der Waals surface area (Å²) in [6.45, 7) is 1.94. The van der Waals surface area contributed by atoms with Crippen LogP contribution in [0.1, 0.15) is 50.2 Å². The largest absolute Gasteiger partial charge is 0.493 e. The van der Waals surface area contributed by atoms with E-state index in [9.17, 15) is 9.59 Å². The summed E-state index contributed by atoms with van der Waals surface area (Å²) in [4.78, 5) is 27.8. The van der Waals surface area contributed by atoms with Gasteiger partial charge in [-0.25, -0.2) is 0 Å². The Labute approximate surface area is 216 Å². The number of nitrogens with zero attached hydrogens (tertiary/aromatic N) is 1. The molecule has 0 bridgehead atoms. The Hall–Kier alpha value is -2.84. The summed E-state index contributed by atoms with van der Waals surface area (Å²) in [5.74, 6) is 0.666. The number of nitrogens with one attached hydrogen (secondary N) is 1. The van der Waals surface area contributed by atoms with Crippen molar-refractivity contribution in [2.45, 2.75) is 51.5 Å². The molecule has 1 saturated heterocycles. The van der Waals surface area contributed by atoms with Gasteiger partial charge in [0, 0.05) is 11.7 Å². The minimum atomic E-state index is -0.258. The lowest BCUT2D eigenvalue weighted by Crippen LogP contribution is -2.39. The van der Waals surface area contributed by atoms with Crippen LogP contribution in [0, 0.1) is 0 Å². The lowest BCUT2D eigenvalue weighted by molar-refractivity contribution is -0.124. The SMILES string of the molecule is CCc1ccc(NC(=O)COc2ccc(/C=C3/SC(=S)N(C4CCCCC4)C3=O)cc2OC)cc1. The molecule has 2 aliphatic rings. The van der Waals surface area contributed by atoms with Gasteiger partial charge in [-0.15, -0.1) is 0 Å². The molecule has 0 radical (unpaired) electrons. The molecule has 0 atom stereocenters. The standard InChI is InChI=1S/C27H30N2O4S2/c1-3-18-9-12-20(13-10-18)28-25(30)17-33-22-14-11-19(15-23(22)32-2)16-24-26(31)29(27(34)35-24)21-7-5-4-6-8-21/h9-16,21H,3-8,17H2,1-2H3,(H,28,30)/b24-16+. The molecule has 1 N–H and O–H groups in total. The number of hydrogen-bond donors (Lipinski definition) is 1. The second-order valence-electron chi connectivity index (χ2n) is 8.64. The van der Waals surface area contributed by atoms with Gasteiger partial charge in [0.1, 0.15) is 4.32 Å². The van der Waals surface area contributed by atoms with Gasteiger partial charge in [0.25, 0.3) is 11.8 Å². The van der Waals surface area contributed by atoms with Crippen LogP contribution in [0.25, 0.3) is 6.08 Å². The maximum absolute atomic E-state index is 13.1. The third kappa shape index (κ3) is 6.24. The number of aryl methyl sites for hydroxylation is 1. The highest BCUT2D eigenvalue weighted by Gasteiger charge is 2.37. The van der Waals surface area contributed by atoms with Crippen LogP contribution >= 0.6 is 24.0 Å². The fourth-order valence-corrected chi connectivity index (χ4v) is 5.74. The smallest absolute Gasteiger partial charge is 0.266 e. The monoisotopic (exact) mass is 510 g/mol. The first kappa shape index (κ1) is 25.3. The third-order valence-electron chi connectivity index (χ3n) is 6.25. The molecule has 0 spiro atoms. The topological polar surface area (TPSA) is 67.9 Å². The Morgan fingerprint density at radius 3 is 2.57 bits per heavy atom. The minimum Gasteiger partial charge on any atom is -0.493 e. The van der Waals surface area contributed by atoms with Crippen molar-refractivity contribution in [3.8, 4) is 11.5 Å². The van der Waals surface area contributed by atoms with E-state index >= 15 is 0 Å². The van der Waals surface area contributed by atoms with Crippen LogP contribution in [0.5, 0.6) is 11.5 Å². The van der Waals surface area contributed by atoms with Crippen LogP contribution in [-0.2, 0) is 16.0 Å². The molecule has 0 unspecified atom stereocenters. The molecular formula is C27H30N2O4S2. The van der Waals surface area contributed by atoms with Crippen molar-refractivity contribution in [3.05, 3.63) is 58.5 Å². The molecule has 2 aromatic rings. The maximum Gasteiger partial charge on any atom is 0.266 e. The van der Waals surface area contributed by atoms with Crippen molar-refractivity contribution in [2.24, 2.45) is 0 Å². The van der Waals surface area contributed by atoms with E-state index in [0.717, 1.165) is 43.4 Å². The summed E-state index contributed by atoms with van der Waals surface area (Å²) in [6.07, 6.45) is 8.31. The van der Waals surface area contributed by atoms with Gasteiger partial charge >= 0.3 is 0 Å². The van der Waals surface area contributed by atoms with Crippen molar-refractivity contribution in [3.63, 3.8) is 0 Å². The second-order valence-corrected chi connectivity index (χ2v) is 10.3. The number of thiocarbonyl (C=S) groups is 1. The average molecular weight is 511 g/mol. The number of carbonyl (C=O) groups excluding carboxylic acids is 2. The van der Waals surface area contributed by atoms with Gasteiger partial charge in [0.05, 0.1) is 12.0 Å². The number of rotatable bonds is 8. The quantitative estimate of drug-likeness (QED) is 0.357. The van der Waals surface area contributed by atoms with Crippen LogP contribution in [0.3, 0.4) is 0 Å². The number of thioether (sulfide) groups is 1. The molecule has 1 aliphatic heterocycles. The van der Waals surface area contributed by atoms with Crippen molar-refractivity contribution >= 4 is 51.9 Å². The lowest BCUT2D eigenvalue weighted by atomic mass is 9.94. The molecule has 4 rings (SSSR count). The molecule has 184 valence electrons. The van der Waals surface area contributed by atoms with Crippen LogP contribution in [0.15, 0.2) is 47.4 Å². The van der Waals surface area contributed by atoms with Crippen LogP contribution in [0.4, 0.5) is 5.69 Å². The highest BCUT2D eigenvalue weighted by Crippen LogP contribution is 2.38. The molecule has 1 heterocycles. The number of carbonyl (C=O) groups is 2. The number of amides is 2. The molecule has 6 nitrogen and oxygen atoms in total. The zero-order valence-electron chi connectivity index (χ0n) is 20.0. The molecule has 1 saturated carbocycles. The van der Waals surface area contributed by atoms with Gasteiger partial charge in [-0.3, -0.25) is 14.5 Å². The summed E-state index contributed by atoms with van der Waals surface area (Å²) < 4.78 is 11.8. The second kappa shape index (κ2) is 11.7. The van der Waals surface area contributed by atoms with Crippen LogP contribution in [-0.4, -0.2) is 40.8 Å². The molecule has 2 fully saturated rings. The van der Waals surface area contributed by atoms with Gasteiger partial charge < -0.3 is 14.8 Å². The molecule has 2 aromatic carbocycles. The predicted octanol–water partition coefficient (Wildman–Crippen LogP) is 5.81. The molecule has 35 heavy (non-hydrogen) atoms. The Morgan fingerprint density at radius 1 is 1.14 bits per heavy atom. The normalized spacial score (nSPS) is 17.7. The minimum absolute atomic E-state index is 0.0187. The fraction of sp³-hybridized carbons (Fsp3) is 0.370.